The first-order chi connectivity index (χ1) is 6.29. The van der Waals surface area contributed by atoms with Crippen LogP contribution >= 0.6 is 45.2 Å². The van der Waals surface area contributed by atoms with E-state index >= 15 is 0 Å². The van der Waals surface area contributed by atoms with Crippen LogP contribution in [0.4, 0.5) is 0 Å². The van der Waals surface area contributed by atoms with Crippen molar-refractivity contribution in [2.24, 2.45) is 0 Å². The molecule has 0 amide bonds. The van der Waals surface area contributed by atoms with E-state index in [0.717, 1.165) is 0 Å². The quantitative estimate of drug-likeness (QED) is 0.219. The Morgan fingerprint density at radius 1 is 0.500 bits per heavy atom. The van der Waals surface area contributed by atoms with Gasteiger partial charge in [-0.1, -0.05) is 0 Å². The number of alkyl halides is 2. The van der Waals surface area contributed by atoms with Gasteiger partial charge in [-0.15, -0.1) is 0 Å². The van der Waals surface area contributed by atoms with Crippen LogP contribution in [-0.2, 0) is 0 Å². The second-order valence-corrected chi connectivity index (χ2v) is 5.26. The van der Waals surface area contributed by atoms with Gasteiger partial charge in [-0.05, 0) is 45.2 Å². The van der Waals surface area contributed by atoms with Crippen molar-refractivity contribution in [3.63, 3.8) is 0 Å². The highest BCUT2D eigenvalue weighted by molar-refractivity contribution is 14.1. The van der Waals surface area contributed by atoms with Gasteiger partial charge in [-0.3, -0.25) is 0 Å². The summed E-state index contributed by atoms with van der Waals surface area (Å²) in [6, 6.07) is 0. The molecule has 0 aromatic carbocycles. The topological polar surface area (TPSA) is 121 Å². The molecular weight excluding hydrogens is 422 g/mol. The van der Waals surface area contributed by atoms with Gasteiger partial charge in [0, 0.05) is 0 Å². The third kappa shape index (κ3) is 4.38. The Morgan fingerprint density at radius 3 is 0.857 bits per heavy atom. The Hall–Kier alpha value is 1.22. The van der Waals surface area contributed by atoms with E-state index in [9.17, 15) is 10.2 Å². The molecule has 0 rings (SSSR count). The van der Waals surface area contributed by atoms with Crippen molar-refractivity contribution in [1.82, 2.24) is 0 Å². The van der Waals surface area contributed by atoms with Crippen molar-refractivity contribution >= 4 is 45.2 Å². The Morgan fingerprint density at radius 2 is 0.714 bits per heavy atom. The van der Waals surface area contributed by atoms with E-state index in [1.807, 2.05) is 0 Å². The number of halogens is 2. The molecule has 0 aromatic rings. The fourth-order valence-electron chi connectivity index (χ4n) is 0.729. The van der Waals surface area contributed by atoms with Gasteiger partial charge in [-0.25, -0.2) is 0 Å². The summed E-state index contributed by atoms with van der Waals surface area (Å²) in [6.07, 6.45) is -6.62. The van der Waals surface area contributed by atoms with Gasteiger partial charge in [-0.2, -0.15) is 0 Å². The number of hydrogen-bond acceptors (Lipinski definition) is 6. The normalized spacial score (nSPS) is 24.9. The lowest BCUT2D eigenvalue weighted by molar-refractivity contribution is -0.128. The molecule has 0 heterocycles. The van der Waals surface area contributed by atoms with Gasteiger partial charge in [0.15, 0.2) is 0 Å². The average Bonchev–Trinajstić information content (AvgIpc) is 2.12. The number of rotatable bonds is 5. The first-order valence-corrected chi connectivity index (χ1v) is 6.14. The lowest BCUT2D eigenvalue weighted by Gasteiger charge is -2.27. The number of hydrogen-bond donors (Lipinski definition) is 6. The third-order valence-electron chi connectivity index (χ3n) is 1.61. The molecule has 6 nitrogen and oxygen atoms in total. The zero-order valence-electron chi connectivity index (χ0n) is 6.90. The first kappa shape index (κ1) is 15.2. The van der Waals surface area contributed by atoms with E-state index in [0.29, 0.717) is 0 Å². The molecule has 0 aliphatic heterocycles. The lowest BCUT2D eigenvalue weighted by atomic mass is 10.0. The molecule has 0 bridgehead atoms. The Balaban J connectivity index is 4.30. The van der Waals surface area contributed by atoms with Gasteiger partial charge in [0.25, 0.3) is 0 Å². The molecule has 86 valence electrons. The SMILES string of the molecule is OC(I)[C@@H](O)[C@@H](O)[C@H](O)[C@@H](O)C(O)I. The van der Waals surface area contributed by atoms with Gasteiger partial charge < -0.3 is 30.6 Å². The molecule has 2 unspecified atom stereocenters. The average molecular weight is 434 g/mol. The highest BCUT2D eigenvalue weighted by Gasteiger charge is 2.35. The van der Waals surface area contributed by atoms with Crippen molar-refractivity contribution in [2.75, 3.05) is 0 Å². The van der Waals surface area contributed by atoms with E-state index in [1.165, 1.54) is 45.2 Å². The summed E-state index contributed by atoms with van der Waals surface area (Å²) >= 11 is 2.89. The third-order valence-corrected chi connectivity index (χ3v) is 3.09. The van der Waals surface area contributed by atoms with Crippen molar-refractivity contribution in [1.29, 1.82) is 0 Å². The predicted octanol–water partition coefficient (Wildman–Crippen LogP) is -2.06. The zero-order valence-corrected chi connectivity index (χ0v) is 11.2. The Kier molecular flexibility index (Phi) is 7.31. The summed E-state index contributed by atoms with van der Waals surface area (Å²) in [6.45, 7) is 0. The minimum absolute atomic E-state index is 1.27. The molecule has 14 heavy (non-hydrogen) atoms. The summed E-state index contributed by atoms with van der Waals surface area (Å²) < 4.78 is -2.54. The Labute approximate surface area is 108 Å². The van der Waals surface area contributed by atoms with E-state index < -0.39 is 32.6 Å². The smallest absolute Gasteiger partial charge is 0.133 e. The largest absolute Gasteiger partial charge is 0.387 e. The van der Waals surface area contributed by atoms with Gasteiger partial charge in [0.2, 0.25) is 0 Å². The van der Waals surface area contributed by atoms with Gasteiger partial charge in [0.05, 0.1) is 0 Å². The molecule has 0 saturated carbocycles. The fourth-order valence-corrected chi connectivity index (χ4v) is 1.58. The molecule has 0 fully saturated rings. The summed E-state index contributed by atoms with van der Waals surface area (Å²) in [5.74, 6) is 0. The van der Waals surface area contributed by atoms with Crippen LogP contribution in [0.25, 0.3) is 0 Å². The van der Waals surface area contributed by atoms with Crippen molar-refractivity contribution in [3.8, 4) is 0 Å². The minimum Gasteiger partial charge on any atom is -0.387 e. The number of aliphatic hydroxyl groups is 6. The van der Waals surface area contributed by atoms with Crippen LogP contribution in [0.5, 0.6) is 0 Å². The molecule has 0 saturated heterocycles. The molecule has 6 N–H and O–H groups in total. The van der Waals surface area contributed by atoms with Crippen LogP contribution in [0.2, 0.25) is 0 Å². The molecule has 0 radical (unpaired) electrons. The molecule has 8 heteroatoms. The highest BCUT2D eigenvalue weighted by atomic mass is 127. The van der Waals surface area contributed by atoms with Crippen molar-refractivity contribution < 1.29 is 30.6 Å². The van der Waals surface area contributed by atoms with E-state index in [1.54, 1.807) is 0 Å². The molecule has 0 aliphatic rings. The molecule has 0 spiro atoms. The van der Waals surface area contributed by atoms with Crippen molar-refractivity contribution in [2.45, 2.75) is 32.6 Å². The first-order valence-electron chi connectivity index (χ1n) is 3.65. The van der Waals surface area contributed by atoms with Crippen LogP contribution < -0.4 is 0 Å². The molecule has 6 atom stereocenters. The lowest BCUT2D eigenvalue weighted by Crippen LogP contribution is -2.50. The number of aliphatic hydroxyl groups excluding tert-OH is 6. The van der Waals surface area contributed by atoms with Crippen LogP contribution in [-0.4, -0.2) is 63.3 Å². The second-order valence-electron chi connectivity index (χ2n) is 2.71. The van der Waals surface area contributed by atoms with Gasteiger partial charge >= 0.3 is 0 Å². The van der Waals surface area contributed by atoms with E-state index in [-0.39, 0.29) is 0 Å². The predicted molar refractivity (Wildman–Crippen MR) is 64.1 cm³/mol. The summed E-state index contributed by atoms with van der Waals surface area (Å²) in [4.78, 5) is 0. The summed E-state index contributed by atoms with van der Waals surface area (Å²) in [5.41, 5.74) is 0. The standard InChI is InChI=1S/C6H12I2O6/c7-5(13)3(11)1(9)2(10)4(12)6(8)14/h1-6,9-14H/t1-,2-,3-,4+,5?,6?/m0/s1. The van der Waals surface area contributed by atoms with Crippen LogP contribution in [0.1, 0.15) is 0 Å². The maximum atomic E-state index is 9.24. The van der Waals surface area contributed by atoms with Crippen LogP contribution in [0, 0.1) is 0 Å². The van der Waals surface area contributed by atoms with Crippen LogP contribution in [0.3, 0.4) is 0 Å². The highest BCUT2D eigenvalue weighted by Crippen LogP contribution is 2.15. The second kappa shape index (κ2) is 6.73. The van der Waals surface area contributed by atoms with Crippen molar-refractivity contribution in [3.05, 3.63) is 0 Å². The Bertz CT molecular complexity index is 148. The fraction of sp³-hybridized carbons (Fsp3) is 1.00. The maximum absolute atomic E-state index is 9.24. The van der Waals surface area contributed by atoms with E-state index in [2.05, 4.69) is 0 Å². The molecular formula is C6H12I2O6. The summed E-state index contributed by atoms with van der Waals surface area (Å²) in [7, 11) is 0. The maximum Gasteiger partial charge on any atom is 0.133 e. The zero-order chi connectivity index (χ0) is 11.5. The molecule has 0 aliphatic carbocycles. The summed E-state index contributed by atoms with van der Waals surface area (Å²) in [5, 5.41) is 54.5. The monoisotopic (exact) mass is 434 g/mol. The van der Waals surface area contributed by atoms with Gasteiger partial charge in [0.1, 0.15) is 32.6 Å². The molecule has 0 aromatic heterocycles. The minimum atomic E-state index is -1.72. The van der Waals surface area contributed by atoms with E-state index in [4.69, 9.17) is 20.4 Å². The van der Waals surface area contributed by atoms with Crippen LogP contribution in [0.15, 0.2) is 0 Å².